The minimum atomic E-state index is -1.81. The van der Waals surface area contributed by atoms with Crippen LogP contribution in [0, 0.1) is 0 Å². The Morgan fingerprint density at radius 3 is 2.35 bits per heavy atom. The number of piperazine rings is 1. The summed E-state index contributed by atoms with van der Waals surface area (Å²) in [6.45, 7) is 3.50. The molecule has 5 N–H and O–H groups in total. The lowest BCUT2D eigenvalue weighted by Crippen LogP contribution is -2.61. The second kappa shape index (κ2) is 13.3. The maximum absolute atomic E-state index is 11.6. The van der Waals surface area contributed by atoms with Crippen LogP contribution in [-0.2, 0) is 9.53 Å². The van der Waals surface area contributed by atoms with Crippen LogP contribution in [0.2, 0.25) is 0 Å². The number of fused-ring (bicyclic) bond motifs is 2. The van der Waals surface area contributed by atoms with E-state index in [0.29, 0.717) is 35.8 Å². The van der Waals surface area contributed by atoms with Gasteiger partial charge >= 0.3 is 5.97 Å². The van der Waals surface area contributed by atoms with E-state index in [9.17, 15) is 30.3 Å². The lowest BCUT2D eigenvalue weighted by Gasteiger charge is -2.46. The van der Waals surface area contributed by atoms with Crippen molar-refractivity contribution in [2.75, 3.05) is 49.6 Å². The molecule has 3 saturated heterocycles. The number of carboxylic acid groups (broad SMARTS) is 1. The number of nitrogens with zero attached hydrogens (tertiary/aromatic N) is 5. The SMILES string of the molecule is COc1cc(N2CCN(C3CCN(c4ccc(OC5OC(C(=O)O)C(O)C(O)C5O)c5cccnc45)CC3)CC2O)c2ncccc2c1. The normalized spacial score (nSPS) is 27.4. The number of anilines is 2. The molecule has 0 spiro atoms. The van der Waals surface area contributed by atoms with E-state index in [0.717, 1.165) is 60.5 Å². The third-order valence-electron chi connectivity index (χ3n) is 9.68. The van der Waals surface area contributed by atoms with Gasteiger partial charge in [-0.3, -0.25) is 14.9 Å². The number of aliphatic carboxylic acids is 1. The van der Waals surface area contributed by atoms with Gasteiger partial charge in [-0.2, -0.15) is 0 Å². The number of rotatable bonds is 7. The van der Waals surface area contributed by atoms with Crippen LogP contribution >= 0.6 is 0 Å². The molecule has 0 aliphatic carbocycles. The second-order valence-electron chi connectivity index (χ2n) is 12.4. The molecule has 2 aromatic carbocycles. The maximum Gasteiger partial charge on any atom is 0.335 e. The van der Waals surface area contributed by atoms with Crippen LogP contribution in [0.5, 0.6) is 11.5 Å². The molecule has 0 amide bonds. The molecular formula is C34H39N5O9. The minimum absolute atomic E-state index is 0.291. The summed E-state index contributed by atoms with van der Waals surface area (Å²) in [5.41, 5.74) is 3.26. The Bertz CT molecular complexity index is 1790. The second-order valence-corrected chi connectivity index (χ2v) is 12.4. The van der Waals surface area contributed by atoms with Crippen LogP contribution in [0.15, 0.2) is 60.9 Å². The van der Waals surface area contributed by atoms with E-state index >= 15 is 0 Å². The van der Waals surface area contributed by atoms with E-state index in [1.165, 1.54) is 0 Å². The molecule has 3 aliphatic heterocycles. The molecule has 6 unspecified atom stereocenters. The van der Waals surface area contributed by atoms with Crippen LogP contribution in [0.25, 0.3) is 21.8 Å². The first-order valence-corrected chi connectivity index (χ1v) is 16.1. The molecule has 3 fully saturated rings. The molecule has 7 rings (SSSR count). The van der Waals surface area contributed by atoms with E-state index < -0.39 is 42.9 Å². The Hall–Kier alpha value is -4.31. The number of carboxylic acids is 1. The first kappa shape index (κ1) is 32.2. The molecule has 5 heterocycles. The van der Waals surface area contributed by atoms with Crippen molar-refractivity contribution in [1.29, 1.82) is 0 Å². The minimum Gasteiger partial charge on any atom is -0.497 e. The zero-order chi connectivity index (χ0) is 33.5. The average Bonchev–Trinajstić information content (AvgIpc) is 3.11. The topological polar surface area (TPSA) is 181 Å². The van der Waals surface area contributed by atoms with Gasteiger partial charge in [0.1, 0.15) is 36.0 Å². The monoisotopic (exact) mass is 661 g/mol. The first-order valence-electron chi connectivity index (χ1n) is 16.1. The molecule has 0 saturated carbocycles. The molecule has 6 atom stereocenters. The standard InChI is InChI=1S/C34H39N5O9/c1-46-21-16-19-4-2-10-35-27(19)24(17-21)39-15-14-38(18-26(39)40)20-8-12-37(13-9-20)23-6-7-25(22-5-3-11-36-28(22)23)47-34-31(43)29(41)30(42)32(48-34)33(44)45/h2-7,10-11,16-17,20,26,29-32,34,40-43H,8-9,12-15,18H2,1H3,(H,44,45). The van der Waals surface area contributed by atoms with Crippen molar-refractivity contribution in [2.45, 2.75) is 55.8 Å². The Morgan fingerprint density at radius 1 is 0.875 bits per heavy atom. The fourth-order valence-electron chi connectivity index (χ4n) is 7.12. The van der Waals surface area contributed by atoms with Gasteiger partial charge in [0, 0.05) is 68.0 Å². The lowest BCUT2D eigenvalue weighted by atomic mass is 9.99. The lowest BCUT2D eigenvalue weighted by molar-refractivity contribution is -0.270. The van der Waals surface area contributed by atoms with Crippen molar-refractivity contribution in [3.63, 3.8) is 0 Å². The number of pyridine rings is 2. The number of ether oxygens (including phenoxy) is 3. The van der Waals surface area contributed by atoms with Gasteiger partial charge in [-0.25, -0.2) is 4.79 Å². The molecule has 14 heteroatoms. The van der Waals surface area contributed by atoms with Crippen molar-refractivity contribution in [1.82, 2.24) is 14.9 Å². The fourth-order valence-corrected chi connectivity index (χ4v) is 7.12. The third kappa shape index (κ3) is 5.95. The predicted octanol–water partition coefficient (Wildman–Crippen LogP) is 1.17. The Balaban J connectivity index is 1.02. The average molecular weight is 662 g/mol. The maximum atomic E-state index is 11.6. The van der Waals surface area contributed by atoms with Crippen LogP contribution in [0.3, 0.4) is 0 Å². The first-order chi connectivity index (χ1) is 23.2. The summed E-state index contributed by atoms with van der Waals surface area (Å²) in [4.78, 5) is 27.4. The number of benzene rings is 2. The van der Waals surface area contributed by atoms with E-state index in [1.807, 2.05) is 41.3 Å². The van der Waals surface area contributed by atoms with E-state index in [2.05, 4.69) is 19.8 Å². The molecule has 48 heavy (non-hydrogen) atoms. The summed E-state index contributed by atoms with van der Waals surface area (Å²) in [5.74, 6) is -0.467. The largest absolute Gasteiger partial charge is 0.497 e. The van der Waals surface area contributed by atoms with Crippen molar-refractivity contribution >= 4 is 39.1 Å². The highest BCUT2D eigenvalue weighted by Gasteiger charge is 2.48. The Kier molecular flexibility index (Phi) is 8.94. The molecule has 2 aromatic heterocycles. The number of methoxy groups -OCH3 is 1. The highest BCUT2D eigenvalue weighted by atomic mass is 16.7. The number of aliphatic hydroxyl groups excluding tert-OH is 4. The number of aromatic nitrogens is 2. The molecule has 0 bridgehead atoms. The molecule has 3 aliphatic rings. The van der Waals surface area contributed by atoms with E-state index in [4.69, 9.17) is 14.2 Å². The van der Waals surface area contributed by atoms with Crippen molar-refractivity contribution < 1.29 is 44.5 Å². The van der Waals surface area contributed by atoms with Gasteiger partial charge in [0.25, 0.3) is 0 Å². The van der Waals surface area contributed by atoms with Gasteiger partial charge in [-0.05, 0) is 49.2 Å². The predicted molar refractivity (Wildman–Crippen MR) is 175 cm³/mol. The molecule has 254 valence electrons. The summed E-state index contributed by atoms with van der Waals surface area (Å²) in [5, 5.41) is 53.0. The van der Waals surface area contributed by atoms with Gasteiger partial charge in [0.15, 0.2) is 6.10 Å². The third-order valence-corrected chi connectivity index (χ3v) is 9.68. The smallest absolute Gasteiger partial charge is 0.335 e. The molecule has 4 aromatic rings. The number of β-amino-alcohol motifs (C(OH)–C–C–N with tert-alkyl or cyclic N) is 1. The van der Waals surface area contributed by atoms with Gasteiger partial charge in [0.05, 0.1) is 29.5 Å². The highest BCUT2D eigenvalue weighted by Crippen LogP contribution is 2.37. The zero-order valence-corrected chi connectivity index (χ0v) is 26.4. The van der Waals surface area contributed by atoms with Gasteiger partial charge in [-0.15, -0.1) is 0 Å². The number of hydrogen-bond donors (Lipinski definition) is 5. The fraction of sp³-hybridized carbons (Fsp3) is 0.441. The highest BCUT2D eigenvalue weighted by molar-refractivity contribution is 5.95. The van der Waals surface area contributed by atoms with Crippen molar-refractivity contribution in [3.8, 4) is 11.5 Å². The van der Waals surface area contributed by atoms with Crippen molar-refractivity contribution in [2.24, 2.45) is 0 Å². The van der Waals surface area contributed by atoms with E-state index in [-0.39, 0.29) is 0 Å². The number of hydrogen-bond acceptors (Lipinski definition) is 13. The van der Waals surface area contributed by atoms with E-state index in [1.54, 1.807) is 31.6 Å². The van der Waals surface area contributed by atoms with Crippen LogP contribution in [0.4, 0.5) is 11.4 Å². The van der Waals surface area contributed by atoms with Gasteiger partial charge in [0.2, 0.25) is 6.29 Å². The molecule has 0 radical (unpaired) electrons. The Labute approximate surface area is 276 Å². The van der Waals surface area contributed by atoms with Crippen LogP contribution in [-0.4, -0.2) is 129 Å². The summed E-state index contributed by atoms with van der Waals surface area (Å²) >= 11 is 0. The van der Waals surface area contributed by atoms with Gasteiger partial charge in [-0.1, -0.05) is 6.07 Å². The van der Waals surface area contributed by atoms with Crippen LogP contribution in [0.1, 0.15) is 12.8 Å². The summed E-state index contributed by atoms with van der Waals surface area (Å²) in [6, 6.07) is 15.2. The summed E-state index contributed by atoms with van der Waals surface area (Å²) in [6.07, 6.45) is -4.01. The number of carbonyl (C=O) groups is 1. The summed E-state index contributed by atoms with van der Waals surface area (Å²) in [7, 11) is 1.64. The van der Waals surface area contributed by atoms with Crippen molar-refractivity contribution in [3.05, 3.63) is 60.9 Å². The number of aliphatic hydroxyl groups is 4. The zero-order valence-electron chi connectivity index (χ0n) is 26.4. The molecule has 14 nitrogen and oxygen atoms in total. The Morgan fingerprint density at radius 2 is 1.62 bits per heavy atom. The number of piperidine rings is 1. The van der Waals surface area contributed by atoms with Gasteiger partial charge < -0.3 is 49.5 Å². The quantitative estimate of drug-likeness (QED) is 0.190. The summed E-state index contributed by atoms with van der Waals surface area (Å²) < 4.78 is 16.8. The molecular weight excluding hydrogens is 622 g/mol. The van der Waals surface area contributed by atoms with Crippen LogP contribution < -0.4 is 19.3 Å².